The molecule has 19 heavy (non-hydrogen) atoms. The van der Waals surface area contributed by atoms with Crippen LogP contribution in [-0.4, -0.2) is 24.2 Å². The molecule has 0 aromatic carbocycles. The van der Waals surface area contributed by atoms with Crippen molar-refractivity contribution in [3.05, 3.63) is 0 Å². The Morgan fingerprint density at radius 1 is 1.05 bits per heavy atom. The van der Waals surface area contributed by atoms with Crippen LogP contribution < -0.4 is 5.32 Å². The maximum Gasteiger partial charge on any atom is 0.323 e. The van der Waals surface area contributed by atoms with Gasteiger partial charge in [-0.3, -0.25) is 4.79 Å². The number of likely N-dealkylation sites (N-methyl/N-ethyl adjacent to an activating group) is 1. The predicted octanol–water partition coefficient (Wildman–Crippen LogP) is 4.06. The van der Waals surface area contributed by atoms with E-state index in [0.717, 1.165) is 19.4 Å². The van der Waals surface area contributed by atoms with E-state index in [1.807, 2.05) is 27.7 Å². The number of hydrogen-bond donors (Lipinski definition) is 1. The lowest BCUT2D eigenvalue weighted by molar-refractivity contribution is -0.157. The summed E-state index contributed by atoms with van der Waals surface area (Å²) in [5.41, 5.74) is -0.397. The highest BCUT2D eigenvalue weighted by Crippen LogP contribution is 2.13. The van der Waals surface area contributed by atoms with Crippen LogP contribution in [-0.2, 0) is 9.53 Å². The third-order valence-corrected chi connectivity index (χ3v) is 2.99. The van der Waals surface area contributed by atoms with Crippen molar-refractivity contribution in [2.24, 2.45) is 0 Å². The fourth-order valence-corrected chi connectivity index (χ4v) is 2.05. The summed E-state index contributed by atoms with van der Waals surface area (Å²) >= 11 is 0. The number of nitrogens with one attached hydrogen (secondary N) is 1. The van der Waals surface area contributed by atoms with E-state index < -0.39 is 5.60 Å². The second-order valence-corrected chi connectivity index (χ2v) is 6.20. The number of rotatable bonds is 10. The highest BCUT2D eigenvalue weighted by atomic mass is 16.6. The predicted molar refractivity (Wildman–Crippen MR) is 81.3 cm³/mol. The fourth-order valence-electron chi connectivity index (χ4n) is 2.05. The molecule has 0 heterocycles. The standard InChI is InChI=1S/C16H33NO2/c1-6-8-9-10-11-12-13-14(17-7-2)15(18)19-16(3,4)5/h14,17H,6-13H2,1-5H3. The molecular formula is C16H33NO2. The highest BCUT2D eigenvalue weighted by molar-refractivity contribution is 5.76. The van der Waals surface area contributed by atoms with Crippen molar-refractivity contribution in [3.63, 3.8) is 0 Å². The summed E-state index contributed by atoms with van der Waals surface area (Å²) in [6.45, 7) is 10.8. The Morgan fingerprint density at radius 2 is 1.63 bits per heavy atom. The molecule has 0 aliphatic rings. The first-order valence-corrected chi connectivity index (χ1v) is 7.87. The molecule has 0 saturated carbocycles. The maximum absolute atomic E-state index is 12.0. The molecule has 0 aromatic heterocycles. The smallest absolute Gasteiger partial charge is 0.323 e. The van der Waals surface area contributed by atoms with E-state index in [-0.39, 0.29) is 12.0 Å². The van der Waals surface area contributed by atoms with Crippen LogP contribution in [0.5, 0.6) is 0 Å². The molecule has 1 unspecified atom stereocenters. The Labute approximate surface area is 119 Å². The van der Waals surface area contributed by atoms with Crippen molar-refractivity contribution in [2.45, 2.75) is 91.2 Å². The molecule has 0 radical (unpaired) electrons. The van der Waals surface area contributed by atoms with Crippen LogP contribution in [0.25, 0.3) is 0 Å². The average Bonchev–Trinajstić information content (AvgIpc) is 2.30. The van der Waals surface area contributed by atoms with Crippen molar-refractivity contribution in [1.29, 1.82) is 0 Å². The summed E-state index contributed by atoms with van der Waals surface area (Å²) in [6, 6.07) is -0.143. The Morgan fingerprint density at radius 3 is 2.16 bits per heavy atom. The van der Waals surface area contributed by atoms with Crippen molar-refractivity contribution in [1.82, 2.24) is 5.32 Å². The van der Waals surface area contributed by atoms with Gasteiger partial charge in [-0.25, -0.2) is 0 Å². The molecule has 0 aromatic rings. The van der Waals surface area contributed by atoms with Gasteiger partial charge >= 0.3 is 5.97 Å². The third kappa shape index (κ3) is 11.0. The first-order chi connectivity index (χ1) is 8.90. The van der Waals surface area contributed by atoms with E-state index in [4.69, 9.17) is 4.74 Å². The molecule has 0 bridgehead atoms. The zero-order valence-corrected chi connectivity index (χ0v) is 13.6. The molecule has 1 atom stereocenters. The zero-order chi connectivity index (χ0) is 14.7. The quantitative estimate of drug-likeness (QED) is 0.481. The molecule has 1 N–H and O–H groups in total. The van der Waals surface area contributed by atoms with Gasteiger partial charge in [-0.1, -0.05) is 52.4 Å². The van der Waals surface area contributed by atoms with Gasteiger partial charge in [0.15, 0.2) is 0 Å². The average molecular weight is 271 g/mol. The monoisotopic (exact) mass is 271 g/mol. The Balaban J connectivity index is 3.94. The Kier molecular flexibility index (Phi) is 9.94. The summed E-state index contributed by atoms with van der Waals surface area (Å²) in [5.74, 6) is -0.108. The molecule has 3 heteroatoms. The largest absolute Gasteiger partial charge is 0.459 e. The van der Waals surface area contributed by atoms with Crippen molar-refractivity contribution < 1.29 is 9.53 Å². The van der Waals surface area contributed by atoms with E-state index in [2.05, 4.69) is 12.2 Å². The van der Waals surface area contributed by atoms with Crippen molar-refractivity contribution in [3.8, 4) is 0 Å². The summed E-state index contributed by atoms with van der Waals surface area (Å²) < 4.78 is 5.45. The maximum atomic E-state index is 12.0. The molecule has 0 spiro atoms. The normalized spacial score (nSPS) is 13.3. The van der Waals surface area contributed by atoms with Crippen LogP contribution in [0.2, 0.25) is 0 Å². The third-order valence-electron chi connectivity index (χ3n) is 2.99. The van der Waals surface area contributed by atoms with Gasteiger partial charge in [0.05, 0.1) is 0 Å². The SMILES string of the molecule is CCCCCCCCC(NCC)C(=O)OC(C)(C)C. The van der Waals surface area contributed by atoms with E-state index in [1.165, 1.54) is 32.1 Å². The van der Waals surface area contributed by atoms with Gasteiger partial charge in [0.1, 0.15) is 11.6 Å². The zero-order valence-electron chi connectivity index (χ0n) is 13.6. The van der Waals surface area contributed by atoms with E-state index >= 15 is 0 Å². The molecule has 0 aliphatic heterocycles. The van der Waals surface area contributed by atoms with E-state index in [0.29, 0.717) is 0 Å². The van der Waals surface area contributed by atoms with E-state index in [9.17, 15) is 4.79 Å². The molecule has 0 fully saturated rings. The van der Waals surface area contributed by atoms with Crippen LogP contribution in [0.3, 0.4) is 0 Å². The van der Waals surface area contributed by atoms with Crippen molar-refractivity contribution >= 4 is 5.97 Å². The van der Waals surface area contributed by atoms with Gasteiger partial charge in [0.2, 0.25) is 0 Å². The first-order valence-electron chi connectivity index (χ1n) is 7.87. The molecule has 0 rings (SSSR count). The number of unbranched alkanes of at least 4 members (excludes halogenated alkanes) is 5. The Bertz CT molecular complexity index is 233. The van der Waals surface area contributed by atoms with Crippen LogP contribution in [0.1, 0.15) is 79.6 Å². The second-order valence-electron chi connectivity index (χ2n) is 6.20. The lowest BCUT2D eigenvalue weighted by Crippen LogP contribution is -2.41. The number of ether oxygens (including phenoxy) is 1. The summed E-state index contributed by atoms with van der Waals surface area (Å²) in [6.07, 6.45) is 8.39. The van der Waals surface area contributed by atoms with Gasteiger partial charge in [-0.15, -0.1) is 0 Å². The van der Waals surface area contributed by atoms with E-state index in [1.54, 1.807) is 0 Å². The topological polar surface area (TPSA) is 38.3 Å². The minimum absolute atomic E-state index is 0.108. The lowest BCUT2D eigenvalue weighted by Gasteiger charge is -2.24. The van der Waals surface area contributed by atoms with Gasteiger partial charge < -0.3 is 10.1 Å². The number of carbonyl (C=O) groups excluding carboxylic acids is 1. The second kappa shape index (κ2) is 10.2. The fraction of sp³-hybridized carbons (Fsp3) is 0.938. The first kappa shape index (κ1) is 18.4. The van der Waals surface area contributed by atoms with Crippen LogP contribution in [0, 0.1) is 0 Å². The number of hydrogen-bond acceptors (Lipinski definition) is 3. The minimum Gasteiger partial charge on any atom is -0.459 e. The minimum atomic E-state index is -0.397. The number of carbonyl (C=O) groups is 1. The van der Waals surface area contributed by atoms with Gasteiger partial charge in [0, 0.05) is 0 Å². The van der Waals surface area contributed by atoms with Crippen LogP contribution in [0.15, 0.2) is 0 Å². The summed E-state index contributed by atoms with van der Waals surface area (Å²) in [5, 5.41) is 3.23. The van der Waals surface area contributed by atoms with Crippen molar-refractivity contribution in [2.75, 3.05) is 6.54 Å². The van der Waals surface area contributed by atoms with Gasteiger partial charge in [-0.2, -0.15) is 0 Å². The van der Waals surface area contributed by atoms with Gasteiger partial charge in [0.25, 0.3) is 0 Å². The van der Waals surface area contributed by atoms with Crippen LogP contribution >= 0.6 is 0 Å². The van der Waals surface area contributed by atoms with Crippen LogP contribution in [0.4, 0.5) is 0 Å². The number of esters is 1. The summed E-state index contributed by atoms with van der Waals surface area (Å²) in [4.78, 5) is 12.0. The highest BCUT2D eigenvalue weighted by Gasteiger charge is 2.23. The molecular weight excluding hydrogens is 238 g/mol. The summed E-state index contributed by atoms with van der Waals surface area (Å²) in [7, 11) is 0. The lowest BCUT2D eigenvalue weighted by atomic mass is 10.1. The molecule has 0 amide bonds. The molecule has 0 aliphatic carbocycles. The van der Waals surface area contributed by atoms with Gasteiger partial charge in [-0.05, 0) is 33.7 Å². The molecule has 0 saturated heterocycles. The molecule has 114 valence electrons. The molecule has 3 nitrogen and oxygen atoms in total. The Hall–Kier alpha value is -0.570.